The van der Waals surface area contributed by atoms with Crippen LogP contribution in [0.2, 0.25) is 0 Å². The van der Waals surface area contributed by atoms with Crippen molar-refractivity contribution in [2.24, 2.45) is 7.05 Å². The molecule has 0 saturated carbocycles. The Labute approximate surface area is 131 Å². The first-order chi connectivity index (χ1) is 10.2. The Morgan fingerprint density at radius 3 is 2.45 bits per heavy atom. The second kappa shape index (κ2) is 7.70. The van der Waals surface area contributed by atoms with Gasteiger partial charge in [0, 0.05) is 20.1 Å². The highest BCUT2D eigenvalue weighted by Gasteiger charge is 2.27. The predicted octanol–water partition coefficient (Wildman–Crippen LogP) is -0.571. The highest BCUT2D eigenvalue weighted by atomic mass is 32.2. The maximum atomic E-state index is 12.4. The first-order valence-electron chi connectivity index (χ1n) is 7.21. The van der Waals surface area contributed by atoms with Gasteiger partial charge in [0.2, 0.25) is 15.9 Å². The maximum absolute atomic E-state index is 12.4. The van der Waals surface area contributed by atoms with Crippen LogP contribution in [0.3, 0.4) is 0 Å². The van der Waals surface area contributed by atoms with Crippen molar-refractivity contribution < 1.29 is 13.2 Å². The summed E-state index contributed by atoms with van der Waals surface area (Å²) in [6.07, 6.45) is 0. The summed E-state index contributed by atoms with van der Waals surface area (Å²) >= 11 is 0. The zero-order valence-corrected chi connectivity index (χ0v) is 14.5. The van der Waals surface area contributed by atoms with Crippen molar-refractivity contribution in [3.05, 3.63) is 11.4 Å². The minimum absolute atomic E-state index is 0.127. The number of sulfonamides is 1. The molecule has 9 heteroatoms. The summed E-state index contributed by atoms with van der Waals surface area (Å²) in [4.78, 5) is 12.0. The fourth-order valence-electron chi connectivity index (χ4n) is 2.09. The van der Waals surface area contributed by atoms with Gasteiger partial charge in [-0.15, -0.1) is 0 Å². The van der Waals surface area contributed by atoms with Gasteiger partial charge in [-0.3, -0.25) is 9.48 Å². The van der Waals surface area contributed by atoms with Crippen LogP contribution >= 0.6 is 0 Å². The summed E-state index contributed by atoms with van der Waals surface area (Å²) in [7, 11) is -2.11. The SMILES string of the molecule is CCNCCNC(=O)C(C)NS(=O)(=O)c1c(C)nn(C)c1C. The molecule has 1 heterocycles. The summed E-state index contributed by atoms with van der Waals surface area (Å²) in [5.74, 6) is -0.360. The molecule has 1 aromatic heterocycles. The fourth-order valence-corrected chi connectivity index (χ4v) is 3.73. The average molecular weight is 331 g/mol. The molecule has 0 fully saturated rings. The van der Waals surface area contributed by atoms with Crippen molar-refractivity contribution >= 4 is 15.9 Å². The van der Waals surface area contributed by atoms with Crippen LogP contribution in [0.5, 0.6) is 0 Å². The number of hydrogen-bond donors (Lipinski definition) is 3. The molecule has 0 saturated heterocycles. The van der Waals surface area contributed by atoms with Crippen molar-refractivity contribution in [2.45, 2.75) is 38.6 Å². The number of hydrogen-bond acceptors (Lipinski definition) is 5. The Morgan fingerprint density at radius 2 is 1.95 bits per heavy atom. The summed E-state index contributed by atoms with van der Waals surface area (Å²) in [5, 5.41) is 9.83. The van der Waals surface area contributed by atoms with E-state index in [4.69, 9.17) is 0 Å². The predicted molar refractivity (Wildman–Crippen MR) is 84.0 cm³/mol. The third-order valence-corrected chi connectivity index (χ3v) is 5.08. The van der Waals surface area contributed by atoms with E-state index in [-0.39, 0.29) is 10.8 Å². The Hall–Kier alpha value is -1.45. The Morgan fingerprint density at radius 1 is 1.32 bits per heavy atom. The molecule has 0 bridgehead atoms. The number of nitrogens with zero attached hydrogens (tertiary/aromatic N) is 2. The molecule has 0 aliphatic rings. The summed E-state index contributed by atoms with van der Waals surface area (Å²) in [6, 6.07) is -0.856. The van der Waals surface area contributed by atoms with Crippen molar-refractivity contribution in [1.82, 2.24) is 25.1 Å². The minimum Gasteiger partial charge on any atom is -0.353 e. The fraction of sp³-hybridized carbons (Fsp3) is 0.692. The van der Waals surface area contributed by atoms with E-state index in [0.717, 1.165) is 6.54 Å². The lowest BCUT2D eigenvalue weighted by atomic mass is 10.3. The lowest BCUT2D eigenvalue weighted by Crippen LogP contribution is -2.46. The summed E-state index contributed by atoms with van der Waals surface area (Å²) < 4.78 is 28.7. The first-order valence-corrected chi connectivity index (χ1v) is 8.70. The number of aryl methyl sites for hydroxylation is 2. The monoisotopic (exact) mass is 331 g/mol. The number of nitrogens with one attached hydrogen (secondary N) is 3. The van der Waals surface area contributed by atoms with E-state index in [1.54, 1.807) is 20.9 Å². The van der Waals surface area contributed by atoms with Gasteiger partial charge in [-0.25, -0.2) is 8.42 Å². The van der Waals surface area contributed by atoms with Gasteiger partial charge in [0.05, 0.1) is 17.4 Å². The van der Waals surface area contributed by atoms with E-state index in [9.17, 15) is 13.2 Å². The van der Waals surface area contributed by atoms with E-state index < -0.39 is 16.1 Å². The van der Waals surface area contributed by atoms with Crippen LogP contribution in [0.1, 0.15) is 25.2 Å². The van der Waals surface area contributed by atoms with Crippen molar-refractivity contribution in [1.29, 1.82) is 0 Å². The molecule has 0 radical (unpaired) electrons. The molecule has 0 aliphatic carbocycles. The summed E-state index contributed by atoms with van der Waals surface area (Å²) in [6.45, 7) is 8.70. The van der Waals surface area contributed by atoms with Gasteiger partial charge in [0.15, 0.2) is 0 Å². The molecule has 1 aromatic rings. The topological polar surface area (TPSA) is 105 Å². The second-order valence-corrected chi connectivity index (χ2v) is 6.76. The lowest BCUT2D eigenvalue weighted by molar-refractivity contribution is -0.122. The van der Waals surface area contributed by atoms with Gasteiger partial charge in [-0.2, -0.15) is 9.82 Å². The van der Waals surface area contributed by atoms with E-state index in [1.165, 1.54) is 11.6 Å². The van der Waals surface area contributed by atoms with Gasteiger partial charge < -0.3 is 10.6 Å². The largest absolute Gasteiger partial charge is 0.353 e. The van der Waals surface area contributed by atoms with Gasteiger partial charge in [0.1, 0.15) is 4.90 Å². The van der Waals surface area contributed by atoms with E-state index in [2.05, 4.69) is 20.5 Å². The Balaban J connectivity index is 2.73. The summed E-state index contributed by atoms with van der Waals surface area (Å²) in [5.41, 5.74) is 0.942. The standard InChI is InChI=1S/C13H25N5O3S/c1-6-14-7-8-15-13(19)10(3)17-22(20,21)12-9(2)16-18(5)11(12)4/h10,14,17H,6-8H2,1-5H3,(H,15,19). The number of carbonyl (C=O) groups is 1. The van der Waals surface area contributed by atoms with Crippen molar-refractivity contribution in [2.75, 3.05) is 19.6 Å². The Bertz CT molecular complexity index is 624. The normalized spacial score (nSPS) is 13.1. The van der Waals surface area contributed by atoms with Crippen LogP contribution in [0.15, 0.2) is 4.90 Å². The molecule has 3 N–H and O–H groups in total. The van der Waals surface area contributed by atoms with Gasteiger partial charge in [-0.1, -0.05) is 6.92 Å². The number of carbonyl (C=O) groups excluding carboxylic acids is 1. The number of likely N-dealkylation sites (N-methyl/N-ethyl adjacent to an activating group) is 1. The molecule has 8 nitrogen and oxygen atoms in total. The zero-order chi connectivity index (χ0) is 16.9. The van der Waals surface area contributed by atoms with Crippen molar-refractivity contribution in [3.63, 3.8) is 0 Å². The van der Waals surface area contributed by atoms with Gasteiger partial charge in [-0.05, 0) is 27.3 Å². The first kappa shape index (κ1) is 18.6. The van der Waals surface area contributed by atoms with Crippen LogP contribution < -0.4 is 15.4 Å². The van der Waals surface area contributed by atoms with Crippen LogP contribution in [-0.4, -0.2) is 49.8 Å². The quantitative estimate of drug-likeness (QED) is 0.553. The molecule has 1 amide bonds. The van der Waals surface area contributed by atoms with Gasteiger partial charge in [0.25, 0.3) is 0 Å². The average Bonchev–Trinajstić information content (AvgIpc) is 2.67. The van der Waals surface area contributed by atoms with E-state index >= 15 is 0 Å². The molecule has 1 atom stereocenters. The van der Waals surface area contributed by atoms with Crippen molar-refractivity contribution in [3.8, 4) is 0 Å². The third kappa shape index (κ3) is 4.52. The zero-order valence-electron chi connectivity index (χ0n) is 13.7. The molecule has 126 valence electrons. The number of rotatable bonds is 8. The molecular formula is C13H25N5O3S. The van der Waals surface area contributed by atoms with Gasteiger partial charge >= 0.3 is 0 Å². The lowest BCUT2D eigenvalue weighted by Gasteiger charge is -2.14. The van der Waals surface area contributed by atoms with Crippen LogP contribution in [0, 0.1) is 13.8 Å². The molecular weight excluding hydrogens is 306 g/mol. The molecule has 0 spiro atoms. The third-order valence-electron chi connectivity index (χ3n) is 3.29. The molecule has 1 unspecified atom stereocenters. The smallest absolute Gasteiger partial charge is 0.244 e. The minimum atomic E-state index is -3.79. The second-order valence-electron chi connectivity index (χ2n) is 5.11. The van der Waals surface area contributed by atoms with Crippen LogP contribution in [0.25, 0.3) is 0 Å². The number of aromatic nitrogens is 2. The van der Waals surface area contributed by atoms with E-state index in [1.807, 2.05) is 6.92 Å². The molecule has 22 heavy (non-hydrogen) atoms. The molecule has 0 aromatic carbocycles. The highest BCUT2D eigenvalue weighted by Crippen LogP contribution is 2.18. The Kier molecular flexibility index (Phi) is 6.51. The van der Waals surface area contributed by atoms with E-state index in [0.29, 0.717) is 24.5 Å². The van der Waals surface area contributed by atoms with Crippen LogP contribution in [0.4, 0.5) is 0 Å². The molecule has 1 rings (SSSR count). The number of amides is 1. The van der Waals surface area contributed by atoms with Crippen LogP contribution in [-0.2, 0) is 21.9 Å². The highest BCUT2D eigenvalue weighted by molar-refractivity contribution is 7.89. The maximum Gasteiger partial charge on any atom is 0.244 e. The molecule has 0 aliphatic heterocycles.